The number of carbonyl (C=O) groups excluding carboxylic acids is 1. The molecule has 0 aliphatic heterocycles. The summed E-state index contributed by atoms with van der Waals surface area (Å²) in [7, 11) is 1.99. The lowest BCUT2D eigenvalue weighted by Gasteiger charge is -2.15. The van der Waals surface area contributed by atoms with Gasteiger partial charge in [-0.3, -0.25) is 9.69 Å². The third-order valence-corrected chi connectivity index (χ3v) is 4.37. The second-order valence-corrected chi connectivity index (χ2v) is 6.04. The minimum Gasteiger partial charge on any atom is -0.349 e. The van der Waals surface area contributed by atoms with E-state index in [9.17, 15) is 4.79 Å². The molecule has 0 bridgehead atoms. The Morgan fingerprint density at radius 3 is 2.70 bits per heavy atom. The van der Waals surface area contributed by atoms with Crippen molar-refractivity contribution in [3.05, 3.63) is 45.4 Å². The zero-order valence-corrected chi connectivity index (χ0v) is 13.5. The molecule has 4 heteroatoms. The van der Waals surface area contributed by atoms with Crippen molar-refractivity contribution in [2.45, 2.75) is 33.9 Å². The highest BCUT2D eigenvalue weighted by molar-refractivity contribution is 7.07. The maximum Gasteiger partial charge on any atom is 0.178 e. The molecule has 0 aromatic carbocycles. The molecule has 2 heterocycles. The Morgan fingerprint density at radius 1 is 1.40 bits per heavy atom. The number of nitrogens with zero attached hydrogens (tertiary/aromatic N) is 2. The van der Waals surface area contributed by atoms with Crippen LogP contribution in [-0.2, 0) is 13.1 Å². The third-order valence-electron chi connectivity index (χ3n) is 3.64. The van der Waals surface area contributed by atoms with E-state index < -0.39 is 0 Å². The number of hydrogen-bond acceptors (Lipinski definition) is 3. The quantitative estimate of drug-likeness (QED) is 0.761. The zero-order chi connectivity index (χ0) is 14.7. The summed E-state index contributed by atoms with van der Waals surface area (Å²) in [5, 5.41) is 4.20. The Balaban J connectivity index is 2.04. The molecule has 2 aromatic heterocycles. The third kappa shape index (κ3) is 3.19. The fourth-order valence-corrected chi connectivity index (χ4v) is 3.31. The minimum absolute atomic E-state index is 0.204. The van der Waals surface area contributed by atoms with Crippen molar-refractivity contribution < 1.29 is 4.79 Å². The van der Waals surface area contributed by atoms with Gasteiger partial charge in [0, 0.05) is 30.0 Å². The highest BCUT2D eigenvalue weighted by Crippen LogP contribution is 2.16. The van der Waals surface area contributed by atoms with Crippen LogP contribution in [0.15, 0.2) is 22.9 Å². The van der Waals surface area contributed by atoms with Crippen LogP contribution in [-0.4, -0.2) is 28.8 Å². The summed E-state index contributed by atoms with van der Waals surface area (Å²) in [6, 6.07) is 4.12. The molecule has 0 spiro atoms. The van der Waals surface area contributed by atoms with E-state index in [0.717, 1.165) is 30.0 Å². The van der Waals surface area contributed by atoms with E-state index in [1.165, 1.54) is 5.56 Å². The lowest BCUT2D eigenvalue weighted by Crippen LogP contribution is -2.25. The standard InChI is InChI=1S/C16H22N2OS/c1-5-18-12(2)8-15(13(18)3)16(19)10-17(4)9-14-6-7-20-11-14/h6-8,11H,5,9-10H2,1-4H3. The average molecular weight is 290 g/mol. The molecular formula is C16H22N2OS. The summed E-state index contributed by atoms with van der Waals surface area (Å²) in [5.41, 5.74) is 4.37. The molecule has 0 radical (unpaired) electrons. The van der Waals surface area contributed by atoms with E-state index in [-0.39, 0.29) is 5.78 Å². The first-order valence-corrected chi connectivity index (χ1v) is 7.86. The van der Waals surface area contributed by atoms with Crippen molar-refractivity contribution in [2.24, 2.45) is 0 Å². The first kappa shape index (κ1) is 15.0. The molecule has 0 aliphatic carbocycles. The summed E-state index contributed by atoms with van der Waals surface area (Å²) in [6.07, 6.45) is 0. The SMILES string of the molecule is CCn1c(C)cc(C(=O)CN(C)Cc2ccsc2)c1C. The van der Waals surface area contributed by atoms with Crippen LogP contribution >= 0.6 is 11.3 Å². The second-order valence-electron chi connectivity index (χ2n) is 5.26. The van der Waals surface area contributed by atoms with Gasteiger partial charge in [-0.15, -0.1) is 0 Å². The van der Waals surface area contributed by atoms with Crippen LogP contribution in [0.2, 0.25) is 0 Å². The number of aromatic nitrogens is 1. The largest absolute Gasteiger partial charge is 0.349 e. The van der Waals surface area contributed by atoms with E-state index in [1.54, 1.807) is 11.3 Å². The Morgan fingerprint density at radius 2 is 2.15 bits per heavy atom. The molecular weight excluding hydrogens is 268 g/mol. The summed E-state index contributed by atoms with van der Waals surface area (Å²) in [6.45, 7) is 8.39. The van der Waals surface area contributed by atoms with Crippen molar-refractivity contribution >= 4 is 17.1 Å². The first-order chi connectivity index (χ1) is 9.52. The molecule has 108 valence electrons. The Hall–Kier alpha value is -1.39. The normalized spacial score (nSPS) is 11.2. The van der Waals surface area contributed by atoms with Gasteiger partial charge in [0.15, 0.2) is 5.78 Å². The van der Waals surface area contributed by atoms with E-state index >= 15 is 0 Å². The zero-order valence-electron chi connectivity index (χ0n) is 12.6. The van der Waals surface area contributed by atoms with Gasteiger partial charge in [0.2, 0.25) is 0 Å². The van der Waals surface area contributed by atoms with Crippen LogP contribution in [0.1, 0.15) is 34.2 Å². The molecule has 2 aromatic rings. The monoisotopic (exact) mass is 290 g/mol. The highest BCUT2D eigenvalue weighted by Gasteiger charge is 2.16. The van der Waals surface area contributed by atoms with E-state index in [2.05, 4.69) is 40.1 Å². The van der Waals surface area contributed by atoms with Crippen LogP contribution < -0.4 is 0 Å². The number of aryl methyl sites for hydroxylation is 1. The number of ketones is 1. The predicted molar refractivity (Wildman–Crippen MR) is 84.6 cm³/mol. The maximum absolute atomic E-state index is 12.4. The number of carbonyl (C=O) groups is 1. The van der Waals surface area contributed by atoms with E-state index in [0.29, 0.717) is 6.54 Å². The molecule has 0 atom stereocenters. The van der Waals surface area contributed by atoms with Gasteiger partial charge >= 0.3 is 0 Å². The summed E-state index contributed by atoms with van der Waals surface area (Å²) < 4.78 is 2.19. The molecule has 3 nitrogen and oxygen atoms in total. The van der Waals surface area contributed by atoms with Gasteiger partial charge in [-0.2, -0.15) is 11.3 Å². The first-order valence-electron chi connectivity index (χ1n) is 6.92. The summed E-state index contributed by atoms with van der Waals surface area (Å²) >= 11 is 1.69. The fraction of sp³-hybridized carbons (Fsp3) is 0.438. The van der Waals surface area contributed by atoms with Gasteiger partial charge in [0.25, 0.3) is 0 Å². The van der Waals surface area contributed by atoms with Crippen molar-refractivity contribution in [3.63, 3.8) is 0 Å². The second kappa shape index (κ2) is 6.37. The molecule has 0 aliphatic rings. The molecule has 0 amide bonds. The van der Waals surface area contributed by atoms with Gasteiger partial charge < -0.3 is 4.57 Å². The fourth-order valence-electron chi connectivity index (χ4n) is 2.65. The van der Waals surface area contributed by atoms with Crippen molar-refractivity contribution in [3.8, 4) is 0 Å². The average Bonchev–Trinajstić information content (AvgIpc) is 2.97. The van der Waals surface area contributed by atoms with Crippen molar-refractivity contribution in [1.29, 1.82) is 0 Å². The van der Waals surface area contributed by atoms with Crippen LogP contribution in [0.3, 0.4) is 0 Å². The molecule has 0 saturated carbocycles. The Kier molecular flexibility index (Phi) is 4.78. The highest BCUT2D eigenvalue weighted by atomic mass is 32.1. The van der Waals surface area contributed by atoms with Gasteiger partial charge in [-0.25, -0.2) is 0 Å². The van der Waals surface area contributed by atoms with Crippen molar-refractivity contribution in [2.75, 3.05) is 13.6 Å². The van der Waals surface area contributed by atoms with Crippen molar-refractivity contribution in [1.82, 2.24) is 9.47 Å². The Labute approximate surface area is 124 Å². The number of rotatable bonds is 6. The summed E-state index contributed by atoms with van der Waals surface area (Å²) in [5.74, 6) is 0.204. The van der Waals surface area contributed by atoms with Gasteiger partial charge in [-0.05, 0) is 56.3 Å². The molecule has 0 fully saturated rings. The molecule has 20 heavy (non-hydrogen) atoms. The number of likely N-dealkylation sites (N-methyl/N-ethyl adjacent to an activating group) is 1. The predicted octanol–water partition coefficient (Wildman–Crippen LogP) is 3.50. The molecule has 0 unspecified atom stereocenters. The maximum atomic E-state index is 12.4. The van der Waals surface area contributed by atoms with E-state index in [1.807, 2.05) is 20.0 Å². The minimum atomic E-state index is 0.204. The number of Topliss-reactive ketones (excluding diaryl/α,β-unsaturated/α-hetero) is 1. The molecule has 2 rings (SSSR count). The van der Waals surface area contributed by atoms with Crippen LogP contribution in [0, 0.1) is 13.8 Å². The number of thiophene rings is 1. The molecule has 0 saturated heterocycles. The van der Waals surface area contributed by atoms with Crippen LogP contribution in [0.4, 0.5) is 0 Å². The van der Waals surface area contributed by atoms with Gasteiger partial charge in [0.1, 0.15) is 0 Å². The number of hydrogen-bond donors (Lipinski definition) is 0. The van der Waals surface area contributed by atoms with E-state index in [4.69, 9.17) is 0 Å². The van der Waals surface area contributed by atoms with Crippen LogP contribution in [0.5, 0.6) is 0 Å². The Bertz CT molecular complexity index is 584. The lowest BCUT2D eigenvalue weighted by molar-refractivity contribution is 0.0942. The van der Waals surface area contributed by atoms with Gasteiger partial charge in [-0.1, -0.05) is 0 Å². The lowest BCUT2D eigenvalue weighted by atomic mass is 10.1. The molecule has 0 N–H and O–H groups in total. The van der Waals surface area contributed by atoms with Gasteiger partial charge in [0.05, 0.1) is 6.54 Å². The topological polar surface area (TPSA) is 25.2 Å². The summed E-state index contributed by atoms with van der Waals surface area (Å²) in [4.78, 5) is 14.5. The smallest absolute Gasteiger partial charge is 0.178 e. The van der Waals surface area contributed by atoms with Crippen LogP contribution in [0.25, 0.3) is 0 Å².